The number of pyridine rings is 1. The number of hydrogen-bond donors (Lipinski definition) is 2. The lowest BCUT2D eigenvalue weighted by Gasteiger charge is -2.26. The van der Waals surface area contributed by atoms with Gasteiger partial charge in [-0.25, -0.2) is 4.79 Å². The summed E-state index contributed by atoms with van der Waals surface area (Å²) in [7, 11) is 0. The monoisotopic (exact) mass is 628 g/mol. The summed E-state index contributed by atoms with van der Waals surface area (Å²) < 4.78 is 33.2. The molecule has 0 saturated carbocycles. The number of aromatic nitrogens is 1. The van der Waals surface area contributed by atoms with Gasteiger partial charge in [-0.1, -0.05) is 47.1 Å². The highest BCUT2D eigenvalue weighted by atomic mass is 35.5. The molecule has 0 atom stereocenters. The number of alkyl halides is 3. The number of H-pyrrole nitrogens is 1. The number of nitrogens with two attached hydrogens (primary N) is 1. The van der Waals surface area contributed by atoms with Gasteiger partial charge in [-0.2, -0.15) is 8.78 Å². The molecule has 1 fully saturated rings. The van der Waals surface area contributed by atoms with Gasteiger partial charge in [0.15, 0.2) is 0 Å². The molecule has 3 heterocycles. The number of benzene rings is 2. The topological polar surface area (TPSA) is 109 Å². The first-order valence-corrected chi connectivity index (χ1v) is 14.0. The van der Waals surface area contributed by atoms with E-state index in [1.165, 1.54) is 15.9 Å². The second kappa shape index (κ2) is 11.2. The van der Waals surface area contributed by atoms with Crippen molar-refractivity contribution in [2.45, 2.75) is 41.2 Å². The van der Waals surface area contributed by atoms with Gasteiger partial charge < -0.3 is 20.4 Å². The number of hydrogen-bond acceptors (Lipinski definition) is 6. The number of ether oxygens (including phenoxy) is 1. The lowest BCUT2D eigenvalue weighted by Crippen LogP contribution is -2.37. The molecule has 0 radical (unpaired) electrons. The van der Waals surface area contributed by atoms with Gasteiger partial charge in [-0.15, -0.1) is 0 Å². The molecule has 0 aliphatic carbocycles. The number of amides is 2. The van der Waals surface area contributed by atoms with Gasteiger partial charge in [0.1, 0.15) is 11.3 Å². The molecule has 0 spiro atoms. The predicted molar refractivity (Wildman–Crippen MR) is 149 cm³/mol. The highest BCUT2D eigenvalue weighted by Crippen LogP contribution is 2.43. The fourth-order valence-corrected chi connectivity index (χ4v) is 6.39. The number of cyclic esters (lactones) is 1. The third-order valence-electron chi connectivity index (χ3n) is 6.56. The van der Waals surface area contributed by atoms with E-state index >= 15 is 0 Å². The van der Waals surface area contributed by atoms with Crippen LogP contribution in [0.1, 0.15) is 39.2 Å². The number of anilines is 1. The standard InChI is InChI=1S/C26H21Cl3F2N4O4S/c27-17-5-3-13(10-32)21(28)22(17)40-18-9-19(26(29,30)31)33-23(36)20(18)24(37)34-11-14-2-4-16(8-15(14)12-34)35-6-1-7-39-25(35)38/h2-5,8-9H,1,6-7,10-12,32H2,(H,33,36). The summed E-state index contributed by atoms with van der Waals surface area (Å²) in [6, 6.07) is 9.46. The number of aromatic amines is 1. The molecule has 3 aromatic rings. The van der Waals surface area contributed by atoms with Crippen LogP contribution in [0.3, 0.4) is 0 Å². The third-order valence-corrected chi connectivity index (χ3v) is 8.90. The molecule has 2 aromatic carbocycles. The number of fused-ring (bicyclic) bond motifs is 1. The first-order chi connectivity index (χ1) is 19.0. The summed E-state index contributed by atoms with van der Waals surface area (Å²) in [4.78, 5) is 44.1. The smallest absolute Gasteiger partial charge is 0.414 e. The molecule has 0 bridgehead atoms. The fourth-order valence-electron chi connectivity index (χ4n) is 4.54. The van der Waals surface area contributed by atoms with Gasteiger partial charge >= 0.3 is 11.5 Å². The van der Waals surface area contributed by atoms with Crippen molar-refractivity contribution in [3.05, 3.63) is 84.7 Å². The van der Waals surface area contributed by atoms with Crippen LogP contribution < -0.4 is 16.2 Å². The molecular formula is C26H21Cl3F2N4O4S. The van der Waals surface area contributed by atoms with Crippen molar-refractivity contribution in [3.8, 4) is 0 Å². The molecule has 210 valence electrons. The second-order valence-electron chi connectivity index (χ2n) is 9.14. The number of carbonyl (C=O) groups is 2. The zero-order valence-electron chi connectivity index (χ0n) is 20.6. The Bertz CT molecular complexity index is 1580. The van der Waals surface area contributed by atoms with E-state index in [2.05, 4.69) is 0 Å². The Hall–Kier alpha value is -2.83. The molecule has 2 amide bonds. The average molecular weight is 630 g/mol. The maximum absolute atomic E-state index is 14.0. The quantitative estimate of drug-likeness (QED) is 0.320. The van der Waals surface area contributed by atoms with Crippen LogP contribution in [0.15, 0.2) is 51.0 Å². The van der Waals surface area contributed by atoms with Crippen LogP contribution >= 0.6 is 46.6 Å². The molecule has 2 aliphatic rings. The molecule has 40 heavy (non-hydrogen) atoms. The summed E-state index contributed by atoms with van der Waals surface area (Å²) >= 11 is 18.8. The summed E-state index contributed by atoms with van der Waals surface area (Å²) in [6.07, 6.45) is 0.244. The van der Waals surface area contributed by atoms with Crippen molar-refractivity contribution in [1.29, 1.82) is 0 Å². The lowest BCUT2D eigenvalue weighted by molar-refractivity contribution is 0.0740. The van der Waals surface area contributed by atoms with Gasteiger partial charge in [-0.05, 0) is 59.0 Å². The van der Waals surface area contributed by atoms with Crippen molar-refractivity contribution in [2.75, 3.05) is 18.1 Å². The number of rotatable bonds is 6. The molecular weight excluding hydrogens is 609 g/mol. The normalized spacial score (nSPS) is 15.3. The van der Waals surface area contributed by atoms with Crippen LogP contribution in [0.4, 0.5) is 19.3 Å². The van der Waals surface area contributed by atoms with E-state index in [0.29, 0.717) is 30.8 Å². The number of carbonyl (C=O) groups excluding carboxylic acids is 2. The van der Waals surface area contributed by atoms with Crippen molar-refractivity contribution in [2.24, 2.45) is 5.73 Å². The molecule has 2 aliphatic heterocycles. The number of nitrogens with zero attached hydrogens (tertiary/aromatic N) is 2. The van der Waals surface area contributed by atoms with Crippen LogP contribution in [-0.2, 0) is 29.8 Å². The largest absolute Gasteiger partial charge is 0.449 e. The molecule has 14 heteroatoms. The first kappa shape index (κ1) is 28.7. The summed E-state index contributed by atoms with van der Waals surface area (Å²) in [5, 5.41) is -3.55. The highest BCUT2D eigenvalue weighted by Gasteiger charge is 2.35. The van der Waals surface area contributed by atoms with Gasteiger partial charge in [-0.3, -0.25) is 14.5 Å². The predicted octanol–water partition coefficient (Wildman–Crippen LogP) is 6.08. The minimum Gasteiger partial charge on any atom is -0.449 e. The molecule has 1 aromatic heterocycles. The van der Waals surface area contributed by atoms with Crippen LogP contribution in [0.25, 0.3) is 0 Å². The Balaban J connectivity index is 1.51. The molecule has 1 saturated heterocycles. The third kappa shape index (κ3) is 5.53. The molecule has 0 unspecified atom stereocenters. The number of nitrogens with one attached hydrogen (secondary N) is 1. The van der Waals surface area contributed by atoms with Crippen molar-refractivity contribution < 1.29 is 23.1 Å². The maximum Gasteiger partial charge on any atom is 0.414 e. The van der Waals surface area contributed by atoms with E-state index in [9.17, 15) is 23.2 Å². The van der Waals surface area contributed by atoms with Crippen LogP contribution in [0, 0.1) is 0 Å². The fraction of sp³-hybridized carbons (Fsp3) is 0.269. The minimum absolute atomic E-state index is 0.0822. The van der Waals surface area contributed by atoms with Crippen LogP contribution in [0.5, 0.6) is 0 Å². The highest BCUT2D eigenvalue weighted by molar-refractivity contribution is 7.99. The van der Waals surface area contributed by atoms with Crippen LogP contribution in [-0.4, -0.2) is 35.0 Å². The van der Waals surface area contributed by atoms with E-state index in [-0.39, 0.29) is 45.0 Å². The van der Waals surface area contributed by atoms with Crippen molar-refractivity contribution in [3.63, 3.8) is 0 Å². The summed E-state index contributed by atoms with van der Waals surface area (Å²) in [5.41, 5.74) is 6.21. The Kier molecular flexibility index (Phi) is 8.04. The van der Waals surface area contributed by atoms with Crippen LogP contribution in [0.2, 0.25) is 10.0 Å². The number of halogens is 5. The Morgan fingerprint density at radius 1 is 1.12 bits per heavy atom. The Labute approximate surface area is 246 Å². The van der Waals surface area contributed by atoms with Crippen molar-refractivity contribution in [1.82, 2.24) is 9.88 Å². The Morgan fingerprint density at radius 2 is 1.88 bits per heavy atom. The van der Waals surface area contributed by atoms with E-state index in [1.807, 2.05) is 4.98 Å². The van der Waals surface area contributed by atoms with Crippen molar-refractivity contribution >= 4 is 64.3 Å². The minimum atomic E-state index is -3.90. The molecule has 5 rings (SSSR count). The zero-order valence-corrected chi connectivity index (χ0v) is 23.7. The summed E-state index contributed by atoms with van der Waals surface area (Å²) in [6.45, 7) is 1.24. The van der Waals surface area contributed by atoms with E-state index in [1.54, 1.807) is 24.3 Å². The maximum atomic E-state index is 14.0. The van der Waals surface area contributed by atoms with Gasteiger partial charge in [0.2, 0.25) is 0 Å². The average Bonchev–Trinajstić information content (AvgIpc) is 3.34. The van der Waals surface area contributed by atoms with E-state index < -0.39 is 28.6 Å². The molecule has 8 nitrogen and oxygen atoms in total. The zero-order chi connectivity index (χ0) is 28.8. The van der Waals surface area contributed by atoms with Gasteiger partial charge in [0, 0.05) is 41.7 Å². The molecule has 3 N–H and O–H groups in total. The van der Waals surface area contributed by atoms with E-state index in [4.69, 9.17) is 45.3 Å². The SMILES string of the molecule is NCc1ccc(Cl)c(Sc2cc(C(F)(F)Cl)[nH]c(=O)c2C(=O)N2Cc3ccc(N4CCCOC4=O)cc3C2)c1Cl. The van der Waals surface area contributed by atoms with Gasteiger partial charge in [0.25, 0.3) is 11.5 Å². The lowest BCUT2D eigenvalue weighted by atomic mass is 10.1. The van der Waals surface area contributed by atoms with Gasteiger partial charge in [0.05, 0.1) is 16.7 Å². The van der Waals surface area contributed by atoms with E-state index in [0.717, 1.165) is 29.0 Å². The Morgan fingerprint density at radius 3 is 2.58 bits per heavy atom. The summed E-state index contributed by atoms with van der Waals surface area (Å²) in [5.74, 6) is -0.689. The first-order valence-electron chi connectivity index (χ1n) is 12.0. The second-order valence-corrected chi connectivity index (χ2v) is 11.5.